The van der Waals surface area contributed by atoms with Crippen LogP contribution in [0.2, 0.25) is 0 Å². The Labute approximate surface area is 149 Å². The zero-order valence-corrected chi connectivity index (χ0v) is 14.7. The molecule has 0 aromatic heterocycles. The molecule has 0 saturated heterocycles. The van der Waals surface area contributed by atoms with E-state index in [4.69, 9.17) is 4.74 Å². The number of amides is 1. The lowest BCUT2D eigenvalue weighted by Crippen LogP contribution is -2.27. The van der Waals surface area contributed by atoms with Crippen molar-refractivity contribution in [1.82, 2.24) is 5.32 Å². The Morgan fingerprint density at radius 3 is 2.48 bits per heavy atom. The summed E-state index contributed by atoms with van der Waals surface area (Å²) in [4.78, 5) is 12.0. The molecule has 0 radical (unpaired) electrons. The van der Waals surface area contributed by atoms with Gasteiger partial charge in [-0.2, -0.15) is 0 Å². The van der Waals surface area contributed by atoms with Gasteiger partial charge in [-0.3, -0.25) is 4.79 Å². The molecule has 0 saturated carbocycles. The molecule has 0 aliphatic rings. The zero-order chi connectivity index (χ0) is 18.1. The van der Waals surface area contributed by atoms with Crippen molar-refractivity contribution in [2.45, 2.75) is 25.9 Å². The average Bonchev–Trinajstić information content (AvgIpc) is 2.65. The first-order valence-electron chi connectivity index (χ1n) is 8.39. The van der Waals surface area contributed by atoms with Crippen LogP contribution < -0.4 is 10.1 Å². The molecule has 4 nitrogen and oxygen atoms in total. The van der Waals surface area contributed by atoms with E-state index in [0.717, 1.165) is 29.7 Å². The van der Waals surface area contributed by atoms with Crippen molar-refractivity contribution in [2.24, 2.45) is 0 Å². The Morgan fingerprint density at radius 2 is 1.84 bits per heavy atom. The third-order valence-corrected chi connectivity index (χ3v) is 4.00. The summed E-state index contributed by atoms with van der Waals surface area (Å²) in [6.45, 7) is 2.12. The van der Waals surface area contributed by atoms with Crippen LogP contribution in [0.15, 0.2) is 66.2 Å². The normalized spacial score (nSPS) is 12.5. The molecule has 4 heteroatoms. The molecule has 1 amide bonds. The van der Waals surface area contributed by atoms with Gasteiger partial charge in [0.15, 0.2) is 0 Å². The summed E-state index contributed by atoms with van der Waals surface area (Å²) < 4.78 is 5.09. The van der Waals surface area contributed by atoms with Gasteiger partial charge in [-0.1, -0.05) is 48.0 Å². The summed E-state index contributed by atoms with van der Waals surface area (Å²) in [6, 6.07) is 17.3. The fraction of sp³-hybridized carbons (Fsp3) is 0.286. The number of methoxy groups -OCH3 is 1. The molecule has 1 atom stereocenters. The molecule has 0 aliphatic heterocycles. The summed E-state index contributed by atoms with van der Waals surface area (Å²) in [5, 5.41) is 12.9. The number of hydrogen-bond donors (Lipinski definition) is 2. The molecular weight excluding hydrogens is 314 g/mol. The predicted octanol–water partition coefficient (Wildman–Crippen LogP) is 3.42. The van der Waals surface area contributed by atoms with Crippen LogP contribution in [0.1, 0.15) is 30.6 Å². The second-order valence-corrected chi connectivity index (χ2v) is 6.01. The minimum Gasteiger partial charge on any atom is -0.497 e. The van der Waals surface area contributed by atoms with E-state index in [1.807, 2.05) is 25.1 Å². The fourth-order valence-corrected chi connectivity index (χ4v) is 2.47. The van der Waals surface area contributed by atoms with Crippen molar-refractivity contribution < 1.29 is 14.6 Å². The number of aliphatic hydroxyl groups excluding tert-OH is 1. The molecule has 2 aromatic rings. The number of ether oxygens (including phenoxy) is 1. The number of nitrogens with one attached hydrogen (secondary N) is 1. The predicted molar refractivity (Wildman–Crippen MR) is 99.5 cm³/mol. The number of allylic oxidation sites excluding steroid dienone is 1. The van der Waals surface area contributed by atoms with Gasteiger partial charge in [-0.05, 0) is 43.0 Å². The first-order chi connectivity index (χ1) is 12.1. The zero-order valence-electron chi connectivity index (χ0n) is 14.7. The van der Waals surface area contributed by atoms with Gasteiger partial charge in [0, 0.05) is 12.6 Å². The van der Waals surface area contributed by atoms with E-state index < -0.39 is 6.10 Å². The highest BCUT2D eigenvalue weighted by Crippen LogP contribution is 2.17. The molecule has 0 fully saturated rings. The van der Waals surface area contributed by atoms with E-state index in [1.165, 1.54) is 5.56 Å². The third kappa shape index (κ3) is 6.43. The molecule has 2 N–H and O–H groups in total. The van der Waals surface area contributed by atoms with Crippen molar-refractivity contribution in [3.63, 3.8) is 0 Å². The van der Waals surface area contributed by atoms with Gasteiger partial charge in [0.05, 0.1) is 13.2 Å². The molecule has 0 spiro atoms. The number of carbonyl (C=O) groups is 1. The van der Waals surface area contributed by atoms with Crippen LogP contribution in [0, 0.1) is 0 Å². The molecule has 2 rings (SSSR count). The minimum absolute atomic E-state index is 0.174. The summed E-state index contributed by atoms with van der Waals surface area (Å²) in [5.41, 5.74) is 3.01. The van der Waals surface area contributed by atoms with Gasteiger partial charge in [0.1, 0.15) is 5.75 Å². The second-order valence-electron chi connectivity index (χ2n) is 6.01. The highest BCUT2D eigenvalue weighted by Gasteiger charge is 2.09. The molecule has 1 unspecified atom stereocenters. The molecule has 25 heavy (non-hydrogen) atoms. The largest absolute Gasteiger partial charge is 0.497 e. The molecule has 0 aliphatic carbocycles. The maximum absolute atomic E-state index is 12.0. The van der Waals surface area contributed by atoms with Crippen LogP contribution >= 0.6 is 0 Å². The first-order valence-corrected chi connectivity index (χ1v) is 8.39. The lowest BCUT2D eigenvalue weighted by atomic mass is 10.1. The summed E-state index contributed by atoms with van der Waals surface area (Å²) in [7, 11) is 1.60. The summed E-state index contributed by atoms with van der Waals surface area (Å²) >= 11 is 0. The van der Waals surface area contributed by atoms with Crippen molar-refractivity contribution in [3.8, 4) is 5.75 Å². The fourth-order valence-electron chi connectivity index (χ4n) is 2.47. The Morgan fingerprint density at radius 1 is 1.16 bits per heavy atom. The third-order valence-electron chi connectivity index (χ3n) is 4.00. The van der Waals surface area contributed by atoms with E-state index in [9.17, 15) is 9.90 Å². The lowest BCUT2D eigenvalue weighted by molar-refractivity contribution is -0.117. The van der Waals surface area contributed by atoms with Gasteiger partial charge in [-0.25, -0.2) is 0 Å². The van der Waals surface area contributed by atoms with Crippen molar-refractivity contribution in [1.29, 1.82) is 0 Å². The van der Waals surface area contributed by atoms with E-state index in [-0.39, 0.29) is 12.5 Å². The molecule has 0 bridgehead atoms. The SMILES string of the molecule is COc1ccc(C(O)CNC(=O)/C=C(/C)CCc2ccccc2)cc1. The molecular formula is C21H25NO3. The van der Waals surface area contributed by atoms with Crippen LogP contribution in [0.5, 0.6) is 5.75 Å². The smallest absolute Gasteiger partial charge is 0.244 e. The Bertz CT molecular complexity index is 693. The van der Waals surface area contributed by atoms with E-state index in [2.05, 4.69) is 17.4 Å². The first kappa shape index (κ1) is 18.7. The standard InChI is InChI=1S/C21H25NO3/c1-16(8-9-17-6-4-3-5-7-17)14-21(24)22-15-20(23)18-10-12-19(25-2)13-11-18/h3-7,10-14,20,23H,8-9,15H2,1-2H3,(H,22,24)/b16-14-. The van der Waals surface area contributed by atoms with E-state index in [0.29, 0.717) is 0 Å². The lowest BCUT2D eigenvalue weighted by Gasteiger charge is -2.12. The van der Waals surface area contributed by atoms with Gasteiger partial charge < -0.3 is 15.2 Å². The maximum atomic E-state index is 12.0. The molecule has 2 aromatic carbocycles. The number of hydrogen-bond acceptors (Lipinski definition) is 3. The Kier molecular flexibility index (Phi) is 7.23. The van der Waals surface area contributed by atoms with Gasteiger partial charge in [0.2, 0.25) is 5.91 Å². The minimum atomic E-state index is -0.743. The van der Waals surface area contributed by atoms with Gasteiger partial charge in [-0.15, -0.1) is 0 Å². The quantitative estimate of drug-likeness (QED) is 0.725. The van der Waals surface area contributed by atoms with Gasteiger partial charge >= 0.3 is 0 Å². The monoisotopic (exact) mass is 339 g/mol. The average molecular weight is 339 g/mol. The number of rotatable bonds is 8. The van der Waals surface area contributed by atoms with Crippen LogP contribution in [0.3, 0.4) is 0 Å². The summed E-state index contributed by atoms with van der Waals surface area (Å²) in [5.74, 6) is 0.551. The summed E-state index contributed by atoms with van der Waals surface area (Å²) in [6.07, 6.45) is 2.60. The molecule has 0 heterocycles. The Hall–Kier alpha value is -2.59. The Balaban J connectivity index is 1.78. The highest BCUT2D eigenvalue weighted by molar-refractivity contribution is 5.88. The highest BCUT2D eigenvalue weighted by atomic mass is 16.5. The topological polar surface area (TPSA) is 58.6 Å². The van der Waals surface area contributed by atoms with Crippen LogP contribution in [0.25, 0.3) is 0 Å². The van der Waals surface area contributed by atoms with Crippen molar-refractivity contribution >= 4 is 5.91 Å². The second kappa shape index (κ2) is 9.64. The maximum Gasteiger partial charge on any atom is 0.244 e. The van der Waals surface area contributed by atoms with Crippen molar-refractivity contribution in [2.75, 3.05) is 13.7 Å². The number of aliphatic hydroxyl groups is 1. The van der Waals surface area contributed by atoms with Crippen molar-refractivity contribution in [3.05, 3.63) is 77.4 Å². The number of benzene rings is 2. The van der Waals surface area contributed by atoms with Crippen LogP contribution in [0.4, 0.5) is 0 Å². The number of aryl methyl sites for hydroxylation is 1. The van der Waals surface area contributed by atoms with E-state index in [1.54, 1.807) is 37.5 Å². The van der Waals surface area contributed by atoms with E-state index >= 15 is 0 Å². The van der Waals surface area contributed by atoms with Crippen LogP contribution in [-0.4, -0.2) is 24.7 Å². The van der Waals surface area contributed by atoms with Gasteiger partial charge in [0.25, 0.3) is 0 Å². The molecule has 132 valence electrons. The van der Waals surface area contributed by atoms with Crippen LogP contribution in [-0.2, 0) is 11.2 Å². The number of carbonyl (C=O) groups excluding carboxylic acids is 1.